The van der Waals surface area contributed by atoms with Crippen molar-refractivity contribution < 1.29 is 14.0 Å². The Hall–Kier alpha value is -3.03. The van der Waals surface area contributed by atoms with E-state index in [1.54, 1.807) is 17.0 Å². The molecule has 2 heterocycles. The average Bonchev–Trinajstić information content (AvgIpc) is 3.60. The van der Waals surface area contributed by atoms with Crippen LogP contribution in [0.2, 0.25) is 0 Å². The summed E-state index contributed by atoms with van der Waals surface area (Å²) in [7, 11) is 0. The zero-order valence-electron chi connectivity index (χ0n) is 17.8. The second kappa shape index (κ2) is 9.41. The molecule has 0 atom stereocenters. The number of rotatable bonds is 6. The second-order valence-corrected chi connectivity index (χ2v) is 8.35. The lowest BCUT2D eigenvalue weighted by Gasteiger charge is -2.26. The molecular formula is C23H28FN5O2. The van der Waals surface area contributed by atoms with Gasteiger partial charge in [0, 0.05) is 45.2 Å². The van der Waals surface area contributed by atoms with Gasteiger partial charge < -0.3 is 14.7 Å². The predicted molar refractivity (Wildman–Crippen MR) is 116 cm³/mol. The third kappa shape index (κ3) is 5.57. The van der Waals surface area contributed by atoms with Crippen LogP contribution in [-0.4, -0.2) is 71.1 Å². The number of nitrogens with zero attached hydrogens (tertiary/aromatic N) is 5. The number of benzene rings is 1. The van der Waals surface area contributed by atoms with Gasteiger partial charge in [-0.25, -0.2) is 4.39 Å². The maximum absolute atomic E-state index is 13.1. The van der Waals surface area contributed by atoms with Crippen LogP contribution in [0, 0.1) is 11.7 Å². The fourth-order valence-electron chi connectivity index (χ4n) is 3.84. The maximum Gasteiger partial charge on any atom is 0.242 e. The Morgan fingerprint density at radius 3 is 2.45 bits per heavy atom. The molecule has 1 aromatic carbocycles. The molecule has 2 aromatic rings. The van der Waals surface area contributed by atoms with Crippen LogP contribution >= 0.6 is 0 Å². The molecule has 0 bridgehead atoms. The number of hydrogen-bond acceptors (Lipinski definition) is 5. The fraction of sp³-hybridized carbons (Fsp3) is 0.478. The van der Waals surface area contributed by atoms with E-state index in [-0.39, 0.29) is 24.2 Å². The molecule has 164 valence electrons. The second-order valence-electron chi connectivity index (χ2n) is 8.35. The SMILES string of the molecule is CC(=O)N(CC(=O)N1CCCN(c2ccc(-c3ccc(F)cc3)nn2)CC1)CC1CC1. The van der Waals surface area contributed by atoms with E-state index >= 15 is 0 Å². The standard InChI is InChI=1S/C23H28FN5O2/c1-17(30)29(15-18-3-4-18)16-23(31)28-12-2-11-27(13-14-28)22-10-9-21(25-26-22)19-5-7-20(24)8-6-19/h5-10,18H,2-4,11-16H2,1H3. The molecule has 1 aromatic heterocycles. The number of hydrogen-bond donors (Lipinski definition) is 0. The van der Waals surface area contributed by atoms with E-state index in [1.165, 1.54) is 19.1 Å². The molecular weight excluding hydrogens is 397 g/mol. The molecule has 0 unspecified atom stereocenters. The van der Waals surface area contributed by atoms with Gasteiger partial charge in [-0.05, 0) is 61.6 Å². The normalized spacial score (nSPS) is 16.7. The molecule has 2 fully saturated rings. The Balaban J connectivity index is 1.34. The first kappa shape index (κ1) is 21.2. The van der Waals surface area contributed by atoms with Crippen molar-refractivity contribution >= 4 is 17.6 Å². The summed E-state index contributed by atoms with van der Waals surface area (Å²) < 4.78 is 13.1. The van der Waals surface area contributed by atoms with Gasteiger partial charge in [-0.1, -0.05) is 0 Å². The molecule has 0 spiro atoms. The summed E-state index contributed by atoms with van der Waals surface area (Å²) in [5.41, 5.74) is 1.50. The lowest BCUT2D eigenvalue weighted by Crippen LogP contribution is -2.44. The quantitative estimate of drug-likeness (QED) is 0.712. The van der Waals surface area contributed by atoms with Gasteiger partial charge in [0.05, 0.1) is 12.2 Å². The van der Waals surface area contributed by atoms with E-state index in [0.717, 1.165) is 37.2 Å². The van der Waals surface area contributed by atoms with Gasteiger partial charge in [0.1, 0.15) is 5.82 Å². The molecule has 31 heavy (non-hydrogen) atoms. The van der Waals surface area contributed by atoms with Crippen LogP contribution in [-0.2, 0) is 9.59 Å². The summed E-state index contributed by atoms with van der Waals surface area (Å²) >= 11 is 0. The minimum absolute atomic E-state index is 0.00967. The third-order valence-corrected chi connectivity index (χ3v) is 5.91. The number of aromatic nitrogens is 2. The highest BCUT2D eigenvalue weighted by molar-refractivity contribution is 5.84. The smallest absolute Gasteiger partial charge is 0.242 e. The Morgan fingerprint density at radius 2 is 1.81 bits per heavy atom. The van der Waals surface area contributed by atoms with Crippen molar-refractivity contribution in [1.82, 2.24) is 20.0 Å². The molecule has 7 nitrogen and oxygen atoms in total. The van der Waals surface area contributed by atoms with Crippen molar-refractivity contribution in [3.05, 3.63) is 42.2 Å². The molecule has 1 saturated heterocycles. The van der Waals surface area contributed by atoms with Gasteiger partial charge in [0.2, 0.25) is 11.8 Å². The van der Waals surface area contributed by atoms with Crippen molar-refractivity contribution in [1.29, 1.82) is 0 Å². The molecule has 1 aliphatic carbocycles. The van der Waals surface area contributed by atoms with Gasteiger partial charge in [0.25, 0.3) is 0 Å². The van der Waals surface area contributed by atoms with E-state index in [2.05, 4.69) is 15.1 Å². The summed E-state index contributed by atoms with van der Waals surface area (Å²) in [4.78, 5) is 30.3. The van der Waals surface area contributed by atoms with Crippen molar-refractivity contribution in [2.45, 2.75) is 26.2 Å². The molecule has 8 heteroatoms. The Kier molecular flexibility index (Phi) is 6.44. The summed E-state index contributed by atoms with van der Waals surface area (Å²) in [6.07, 6.45) is 3.13. The van der Waals surface area contributed by atoms with Gasteiger partial charge in [-0.2, -0.15) is 0 Å². The lowest BCUT2D eigenvalue weighted by atomic mass is 10.1. The number of anilines is 1. The molecule has 0 N–H and O–H groups in total. The zero-order chi connectivity index (χ0) is 21.8. The minimum Gasteiger partial charge on any atom is -0.353 e. The van der Waals surface area contributed by atoms with Gasteiger partial charge in [0.15, 0.2) is 5.82 Å². The average molecular weight is 426 g/mol. The summed E-state index contributed by atoms with van der Waals surface area (Å²) in [6, 6.07) is 9.97. The summed E-state index contributed by atoms with van der Waals surface area (Å²) in [5.74, 6) is 1.02. The number of carbonyl (C=O) groups is 2. The molecule has 4 rings (SSSR count). The topological polar surface area (TPSA) is 69.6 Å². The van der Waals surface area contributed by atoms with E-state index < -0.39 is 0 Å². The molecule has 1 aliphatic heterocycles. The van der Waals surface area contributed by atoms with Crippen molar-refractivity contribution in [2.24, 2.45) is 5.92 Å². The van der Waals surface area contributed by atoms with E-state index in [4.69, 9.17) is 0 Å². The largest absolute Gasteiger partial charge is 0.353 e. The first-order valence-electron chi connectivity index (χ1n) is 10.9. The van der Waals surface area contributed by atoms with Crippen LogP contribution in [0.3, 0.4) is 0 Å². The Labute approximate surface area is 181 Å². The number of carbonyl (C=O) groups excluding carboxylic acids is 2. The van der Waals surface area contributed by atoms with Crippen LogP contribution in [0.15, 0.2) is 36.4 Å². The molecule has 2 amide bonds. The Bertz CT molecular complexity index is 915. The van der Waals surface area contributed by atoms with Gasteiger partial charge in [-0.3, -0.25) is 9.59 Å². The minimum atomic E-state index is -0.282. The molecule has 1 saturated carbocycles. The monoisotopic (exact) mass is 425 g/mol. The fourth-order valence-corrected chi connectivity index (χ4v) is 3.84. The van der Waals surface area contributed by atoms with E-state index in [0.29, 0.717) is 37.8 Å². The van der Waals surface area contributed by atoms with Crippen molar-refractivity contribution in [3.63, 3.8) is 0 Å². The van der Waals surface area contributed by atoms with E-state index in [9.17, 15) is 14.0 Å². The summed E-state index contributed by atoms with van der Waals surface area (Å²) in [5, 5.41) is 8.64. The van der Waals surface area contributed by atoms with Crippen molar-refractivity contribution in [2.75, 3.05) is 44.2 Å². The van der Waals surface area contributed by atoms with Crippen LogP contribution in [0.25, 0.3) is 11.3 Å². The number of halogens is 1. The first-order valence-corrected chi connectivity index (χ1v) is 10.9. The highest BCUT2D eigenvalue weighted by Crippen LogP contribution is 2.29. The molecule has 2 aliphatic rings. The lowest BCUT2D eigenvalue weighted by molar-refractivity contribution is -0.139. The zero-order valence-corrected chi connectivity index (χ0v) is 17.8. The molecule has 0 radical (unpaired) electrons. The van der Waals surface area contributed by atoms with Gasteiger partial charge >= 0.3 is 0 Å². The van der Waals surface area contributed by atoms with Crippen LogP contribution in [0.5, 0.6) is 0 Å². The van der Waals surface area contributed by atoms with Crippen LogP contribution < -0.4 is 4.90 Å². The van der Waals surface area contributed by atoms with Gasteiger partial charge in [-0.15, -0.1) is 10.2 Å². The Morgan fingerprint density at radius 1 is 1.03 bits per heavy atom. The first-order chi connectivity index (χ1) is 15.0. The maximum atomic E-state index is 13.1. The van der Waals surface area contributed by atoms with Crippen LogP contribution in [0.1, 0.15) is 26.2 Å². The highest BCUT2D eigenvalue weighted by Gasteiger charge is 2.28. The van der Waals surface area contributed by atoms with Crippen molar-refractivity contribution in [3.8, 4) is 11.3 Å². The summed E-state index contributed by atoms with van der Waals surface area (Å²) in [6.45, 7) is 5.11. The predicted octanol–water partition coefficient (Wildman–Crippen LogP) is 2.58. The van der Waals surface area contributed by atoms with E-state index in [1.807, 2.05) is 17.0 Å². The number of amides is 2. The third-order valence-electron chi connectivity index (χ3n) is 5.91. The highest BCUT2D eigenvalue weighted by atomic mass is 19.1. The van der Waals surface area contributed by atoms with Crippen LogP contribution in [0.4, 0.5) is 10.2 Å².